The van der Waals surface area contributed by atoms with Crippen molar-refractivity contribution in [1.82, 2.24) is 0 Å². The third-order valence-corrected chi connectivity index (χ3v) is 13.9. The van der Waals surface area contributed by atoms with Gasteiger partial charge in [-0.05, 0) is 69.4 Å². The van der Waals surface area contributed by atoms with Crippen molar-refractivity contribution in [3.8, 4) is 0 Å². The van der Waals surface area contributed by atoms with Gasteiger partial charge in [-0.1, -0.05) is 129 Å². The molecule has 6 atom stereocenters. The molecule has 0 aliphatic heterocycles. The Balaban J connectivity index is 1.68. The van der Waals surface area contributed by atoms with Crippen molar-refractivity contribution >= 4 is 25.5 Å². The highest BCUT2D eigenvalue weighted by Gasteiger charge is 2.39. The number of aliphatic hydroxyl groups is 2. The SMILES string of the molecule is CCCCCc1oc(CCCCCCCCCCCCC(=O)OC[C@H](COP(=O)([O-])OCC[N+](C)(C)C)OC(=O)CCCCCC[C@H]2[C@@H](O)CC(=O)[C@@H]2/C=C/[C@@H](O)CCCCC)c(C)c1C. The third kappa shape index (κ3) is 27.0. The maximum Gasteiger partial charge on any atom is 0.306 e. The van der Waals surface area contributed by atoms with Crippen LogP contribution in [0.4, 0.5) is 0 Å². The lowest BCUT2D eigenvalue weighted by Gasteiger charge is -2.28. The molecule has 1 aromatic heterocycles. The predicted octanol–water partition coefficient (Wildman–Crippen LogP) is 10.5. The standard InChI is InChI=1S/C52H92NO12P/c1-8-10-22-28-43(54)34-35-46-45(47(55)38-48(46)56)29-24-20-21-27-33-52(58)64-44(40-63-66(59,60)62-37-36-53(5,6)7)39-61-51(57)32-26-19-17-15-13-12-14-16-18-25-31-50-42(4)41(3)49(65-50)30-23-11-9-2/h34-35,43-47,54-55H,8-33,36-40H2,1-7H3/b35-34+/t43-,44+,45+,46+,47-/m0/s1. The summed E-state index contributed by atoms with van der Waals surface area (Å²) in [5.74, 6) is 0.747. The molecule has 0 bridgehead atoms. The number of furan rings is 1. The number of phosphoric ester groups is 1. The summed E-state index contributed by atoms with van der Waals surface area (Å²) in [4.78, 5) is 50.6. The minimum Gasteiger partial charge on any atom is -0.756 e. The van der Waals surface area contributed by atoms with Crippen LogP contribution in [0.2, 0.25) is 0 Å². The quantitative estimate of drug-likeness (QED) is 0.0209. The summed E-state index contributed by atoms with van der Waals surface area (Å²) in [5.41, 5.74) is 2.67. The number of allylic oxidation sites excluding steroid dienone is 1. The number of hydrogen-bond acceptors (Lipinski definition) is 12. The largest absolute Gasteiger partial charge is 0.756 e. The summed E-state index contributed by atoms with van der Waals surface area (Å²) in [6.45, 7) is 8.20. The van der Waals surface area contributed by atoms with E-state index < -0.39 is 50.6 Å². The summed E-state index contributed by atoms with van der Waals surface area (Å²) >= 11 is 0. The molecule has 0 amide bonds. The molecule has 0 aromatic carbocycles. The van der Waals surface area contributed by atoms with E-state index in [-0.39, 0.29) is 44.2 Å². The van der Waals surface area contributed by atoms with E-state index in [0.29, 0.717) is 43.1 Å². The van der Waals surface area contributed by atoms with E-state index in [2.05, 4.69) is 27.7 Å². The Labute approximate surface area is 399 Å². The molecular weight excluding hydrogens is 862 g/mol. The number of phosphoric acid groups is 1. The van der Waals surface area contributed by atoms with Crippen molar-refractivity contribution in [1.29, 1.82) is 0 Å². The summed E-state index contributed by atoms with van der Waals surface area (Å²) < 4.78 is 40.3. The zero-order chi connectivity index (χ0) is 48.8. The number of ether oxygens (including phenoxy) is 2. The molecule has 13 nitrogen and oxygen atoms in total. The number of quaternary nitrogens is 1. The van der Waals surface area contributed by atoms with Crippen molar-refractivity contribution in [3.05, 3.63) is 34.8 Å². The lowest BCUT2D eigenvalue weighted by atomic mass is 9.88. The van der Waals surface area contributed by atoms with E-state index in [1.807, 2.05) is 21.1 Å². The molecule has 2 N–H and O–H groups in total. The molecule has 0 radical (unpaired) electrons. The molecule has 14 heteroatoms. The lowest BCUT2D eigenvalue weighted by molar-refractivity contribution is -0.870. The van der Waals surface area contributed by atoms with Crippen LogP contribution in [-0.4, -0.2) is 98.2 Å². The Hall–Kier alpha value is -2.38. The van der Waals surface area contributed by atoms with E-state index in [1.54, 1.807) is 12.2 Å². The van der Waals surface area contributed by atoms with Crippen LogP contribution >= 0.6 is 7.82 Å². The zero-order valence-corrected chi connectivity index (χ0v) is 43.2. The number of carbonyl (C=O) groups is 3. The van der Waals surface area contributed by atoms with Gasteiger partial charge in [0, 0.05) is 38.0 Å². The van der Waals surface area contributed by atoms with Crippen LogP contribution in [0, 0.1) is 25.7 Å². The van der Waals surface area contributed by atoms with Crippen molar-refractivity contribution in [2.24, 2.45) is 11.8 Å². The molecule has 1 aliphatic rings. The predicted molar refractivity (Wildman–Crippen MR) is 259 cm³/mol. The minimum atomic E-state index is -4.71. The normalized spacial score (nSPS) is 18.5. The van der Waals surface area contributed by atoms with Crippen LogP contribution in [0.25, 0.3) is 0 Å². The summed E-state index contributed by atoms with van der Waals surface area (Å²) in [5, 5.41) is 20.9. The smallest absolute Gasteiger partial charge is 0.306 e. The number of esters is 2. The van der Waals surface area contributed by atoms with Gasteiger partial charge in [-0.15, -0.1) is 0 Å². The van der Waals surface area contributed by atoms with Gasteiger partial charge in [0.1, 0.15) is 37.1 Å². The zero-order valence-electron chi connectivity index (χ0n) is 42.3. The van der Waals surface area contributed by atoms with Crippen molar-refractivity contribution in [2.75, 3.05) is 47.5 Å². The maximum absolute atomic E-state index is 12.9. The van der Waals surface area contributed by atoms with Crippen molar-refractivity contribution in [3.63, 3.8) is 0 Å². The number of likely N-dealkylation sites (N-methyl/N-ethyl adjacent to an activating group) is 1. The monoisotopic (exact) mass is 954 g/mol. The van der Waals surface area contributed by atoms with E-state index >= 15 is 0 Å². The molecular formula is C52H92NO12P. The minimum absolute atomic E-state index is 0.00248. The number of nitrogens with zero attached hydrogens (tertiary/aromatic N) is 1. The molecule has 1 aliphatic carbocycles. The fraction of sp³-hybridized carbons (Fsp3) is 0.827. The number of ketones is 1. The molecule has 1 aromatic rings. The highest BCUT2D eigenvalue weighted by molar-refractivity contribution is 7.45. The first-order valence-corrected chi connectivity index (χ1v) is 27.3. The topological polar surface area (TPSA) is 182 Å². The van der Waals surface area contributed by atoms with E-state index in [9.17, 15) is 34.1 Å². The molecule has 1 heterocycles. The van der Waals surface area contributed by atoms with Gasteiger partial charge in [0.05, 0.1) is 40.0 Å². The number of aryl methyl sites for hydroxylation is 2. The molecule has 1 fully saturated rings. The van der Waals surface area contributed by atoms with Crippen LogP contribution in [-0.2, 0) is 50.3 Å². The van der Waals surface area contributed by atoms with E-state index in [4.69, 9.17) is 22.9 Å². The molecule has 2 rings (SSSR count). The third-order valence-electron chi connectivity index (χ3n) is 12.9. The van der Waals surface area contributed by atoms with Crippen LogP contribution in [0.5, 0.6) is 0 Å². The first kappa shape index (κ1) is 59.7. The Morgan fingerprint density at radius 3 is 1.89 bits per heavy atom. The molecule has 1 unspecified atom stereocenters. The van der Waals surface area contributed by atoms with Gasteiger partial charge in [0.25, 0.3) is 7.82 Å². The highest BCUT2D eigenvalue weighted by atomic mass is 31.2. The van der Waals surface area contributed by atoms with E-state index in [0.717, 1.165) is 70.6 Å². The number of carbonyl (C=O) groups excluding carboxylic acids is 3. The van der Waals surface area contributed by atoms with Gasteiger partial charge in [0.2, 0.25) is 0 Å². The Morgan fingerprint density at radius 1 is 0.773 bits per heavy atom. The van der Waals surface area contributed by atoms with Crippen molar-refractivity contribution < 1.29 is 61.5 Å². The van der Waals surface area contributed by atoms with Gasteiger partial charge in [-0.25, -0.2) is 0 Å². The first-order chi connectivity index (χ1) is 31.5. The van der Waals surface area contributed by atoms with Gasteiger partial charge in [-0.3, -0.25) is 18.9 Å². The number of hydrogen-bond donors (Lipinski definition) is 2. The average Bonchev–Trinajstić information content (AvgIpc) is 3.68. The van der Waals surface area contributed by atoms with Crippen LogP contribution in [0.15, 0.2) is 16.6 Å². The molecule has 0 saturated heterocycles. The molecule has 382 valence electrons. The van der Waals surface area contributed by atoms with Crippen LogP contribution in [0.1, 0.15) is 197 Å². The second-order valence-corrected chi connectivity index (χ2v) is 21.3. The Morgan fingerprint density at radius 2 is 1.30 bits per heavy atom. The van der Waals surface area contributed by atoms with Gasteiger partial charge in [-0.2, -0.15) is 0 Å². The molecule has 66 heavy (non-hydrogen) atoms. The van der Waals surface area contributed by atoms with Crippen LogP contribution < -0.4 is 4.89 Å². The second kappa shape index (κ2) is 34.0. The average molecular weight is 954 g/mol. The van der Waals surface area contributed by atoms with Gasteiger partial charge >= 0.3 is 11.9 Å². The fourth-order valence-electron chi connectivity index (χ4n) is 8.50. The summed E-state index contributed by atoms with van der Waals surface area (Å²) in [6.07, 6.45) is 25.3. The number of aliphatic hydroxyl groups excluding tert-OH is 2. The fourth-order valence-corrected chi connectivity index (χ4v) is 9.23. The van der Waals surface area contributed by atoms with Crippen molar-refractivity contribution in [2.45, 2.75) is 219 Å². The van der Waals surface area contributed by atoms with Crippen LogP contribution in [0.3, 0.4) is 0 Å². The first-order valence-electron chi connectivity index (χ1n) is 25.9. The summed E-state index contributed by atoms with van der Waals surface area (Å²) in [7, 11) is 1.01. The Bertz CT molecular complexity index is 1570. The lowest BCUT2D eigenvalue weighted by Crippen LogP contribution is -2.37. The second-order valence-electron chi connectivity index (χ2n) is 19.9. The van der Waals surface area contributed by atoms with E-state index in [1.165, 1.54) is 74.0 Å². The Kier molecular flexibility index (Phi) is 30.8. The number of Topliss-reactive ketones (excluding diaryl/α,β-unsaturated/α-hetero) is 1. The maximum atomic E-state index is 12.9. The molecule has 0 spiro atoms. The van der Waals surface area contributed by atoms with Gasteiger partial charge in [0.15, 0.2) is 6.10 Å². The highest BCUT2D eigenvalue weighted by Crippen LogP contribution is 2.38. The number of rotatable bonds is 40. The van der Waals surface area contributed by atoms with Gasteiger partial charge < -0.3 is 42.5 Å². The number of unbranched alkanes of at least 4 members (excludes halogenated alkanes) is 16. The summed E-state index contributed by atoms with van der Waals surface area (Å²) in [6, 6.07) is 0. The molecule has 1 saturated carbocycles.